The lowest BCUT2D eigenvalue weighted by molar-refractivity contribution is 0.283. The number of halogens is 1. The van der Waals surface area contributed by atoms with E-state index in [1.807, 2.05) is 0 Å². The highest BCUT2D eigenvalue weighted by Gasteiger charge is 2.07. The normalized spacial score (nSPS) is 10.8. The van der Waals surface area contributed by atoms with Crippen LogP contribution < -0.4 is 10.2 Å². The van der Waals surface area contributed by atoms with Crippen LogP contribution in [-0.2, 0) is 6.54 Å². The summed E-state index contributed by atoms with van der Waals surface area (Å²) < 4.78 is 1.13. The van der Waals surface area contributed by atoms with Gasteiger partial charge in [0.2, 0.25) is 0 Å². The van der Waals surface area contributed by atoms with Crippen LogP contribution in [0.15, 0.2) is 22.7 Å². The third-order valence-corrected chi connectivity index (χ3v) is 3.84. The van der Waals surface area contributed by atoms with E-state index in [0.717, 1.165) is 49.8 Å². The van der Waals surface area contributed by atoms with Crippen molar-refractivity contribution < 1.29 is 5.11 Å². The van der Waals surface area contributed by atoms with Crippen molar-refractivity contribution in [1.29, 1.82) is 0 Å². The first-order valence-corrected chi connectivity index (χ1v) is 8.29. The van der Waals surface area contributed by atoms with Gasteiger partial charge in [-0.15, -0.1) is 0 Å². The van der Waals surface area contributed by atoms with Crippen LogP contribution >= 0.6 is 15.9 Å². The first kappa shape index (κ1) is 17.5. The van der Waals surface area contributed by atoms with Gasteiger partial charge in [-0.1, -0.05) is 22.9 Å². The molecule has 0 aliphatic carbocycles. The maximum atomic E-state index is 8.82. The number of rotatable bonds is 10. The second-order valence-electron chi connectivity index (χ2n) is 5.16. The van der Waals surface area contributed by atoms with Crippen LogP contribution in [-0.4, -0.2) is 31.9 Å². The maximum Gasteiger partial charge on any atom is 0.0431 e. The second-order valence-corrected chi connectivity index (χ2v) is 6.07. The first-order valence-electron chi connectivity index (χ1n) is 7.50. The van der Waals surface area contributed by atoms with Crippen LogP contribution in [0.3, 0.4) is 0 Å². The van der Waals surface area contributed by atoms with E-state index in [1.54, 1.807) is 0 Å². The van der Waals surface area contributed by atoms with E-state index in [0.29, 0.717) is 6.61 Å². The molecule has 0 heterocycles. The van der Waals surface area contributed by atoms with Gasteiger partial charge in [-0.25, -0.2) is 0 Å². The van der Waals surface area contributed by atoms with Crippen molar-refractivity contribution in [3.05, 3.63) is 28.2 Å². The fraction of sp³-hybridized carbons (Fsp3) is 0.625. The summed E-state index contributed by atoms with van der Waals surface area (Å²) in [5.74, 6) is 0. The second kappa shape index (κ2) is 10.2. The molecule has 1 rings (SSSR count). The fourth-order valence-corrected chi connectivity index (χ4v) is 2.63. The molecule has 0 aliphatic heterocycles. The Morgan fingerprint density at radius 3 is 2.75 bits per heavy atom. The zero-order valence-electron chi connectivity index (χ0n) is 12.7. The molecule has 0 fully saturated rings. The van der Waals surface area contributed by atoms with Gasteiger partial charge in [-0.3, -0.25) is 0 Å². The van der Waals surface area contributed by atoms with Crippen LogP contribution in [0.4, 0.5) is 5.69 Å². The van der Waals surface area contributed by atoms with E-state index < -0.39 is 0 Å². The lowest BCUT2D eigenvalue weighted by Crippen LogP contribution is -2.22. The first-order chi connectivity index (χ1) is 9.69. The number of nitrogens with one attached hydrogen (secondary N) is 1. The molecule has 0 amide bonds. The van der Waals surface area contributed by atoms with Crippen molar-refractivity contribution >= 4 is 21.6 Å². The molecule has 0 saturated carbocycles. The van der Waals surface area contributed by atoms with Gasteiger partial charge >= 0.3 is 0 Å². The van der Waals surface area contributed by atoms with Gasteiger partial charge in [0, 0.05) is 36.9 Å². The fourth-order valence-electron chi connectivity index (χ4n) is 2.23. The third kappa shape index (κ3) is 6.25. The maximum absolute atomic E-state index is 8.82. The Kier molecular flexibility index (Phi) is 8.90. The van der Waals surface area contributed by atoms with Crippen molar-refractivity contribution in [2.75, 3.05) is 31.6 Å². The quantitative estimate of drug-likeness (QED) is 0.638. The monoisotopic (exact) mass is 342 g/mol. The topological polar surface area (TPSA) is 35.5 Å². The summed E-state index contributed by atoms with van der Waals surface area (Å²) in [7, 11) is 2.14. The number of hydrogen-bond donors (Lipinski definition) is 2. The van der Waals surface area contributed by atoms with Crippen LogP contribution in [0.1, 0.15) is 38.2 Å². The minimum Gasteiger partial charge on any atom is -0.396 e. The molecule has 0 aliphatic rings. The Morgan fingerprint density at radius 1 is 1.25 bits per heavy atom. The SMILES string of the molecule is CCCNCc1cc(Br)ccc1N(C)CCCCCO. The van der Waals surface area contributed by atoms with Crippen LogP contribution in [0.5, 0.6) is 0 Å². The largest absolute Gasteiger partial charge is 0.396 e. The average molecular weight is 343 g/mol. The number of unbranched alkanes of at least 4 members (excludes halogenated alkanes) is 2. The standard InChI is InChI=1S/C16H27BrN2O/c1-3-9-18-13-14-12-15(17)7-8-16(14)19(2)10-5-4-6-11-20/h7-8,12,18,20H,3-6,9-11,13H2,1-2H3. The van der Waals surface area contributed by atoms with Crippen molar-refractivity contribution in [2.24, 2.45) is 0 Å². The number of hydrogen-bond acceptors (Lipinski definition) is 3. The highest BCUT2D eigenvalue weighted by molar-refractivity contribution is 9.10. The Balaban J connectivity index is 2.61. The molecule has 1 aromatic carbocycles. The van der Waals surface area contributed by atoms with E-state index >= 15 is 0 Å². The molecule has 3 nitrogen and oxygen atoms in total. The molecule has 2 N–H and O–H groups in total. The van der Waals surface area contributed by atoms with E-state index in [-0.39, 0.29) is 0 Å². The molecule has 1 aromatic rings. The van der Waals surface area contributed by atoms with Gasteiger partial charge in [0.15, 0.2) is 0 Å². The summed E-state index contributed by atoms with van der Waals surface area (Å²) in [6.07, 6.45) is 4.26. The summed E-state index contributed by atoms with van der Waals surface area (Å²) in [6, 6.07) is 6.48. The van der Waals surface area contributed by atoms with Crippen molar-refractivity contribution in [1.82, 2.24) is 5.32 Å². The Hall–Kier alpha value is -0.580. The molecule has 0 radical (unpaired) electrons. The molecule has 0 atom stereocenters. The highest BCUT2D eigenvalue weighted by Crippen LogP contribution is 2.24. The molecule has 114 valence electrons. The zero-order chi connectivity index (χ0) is 14.8. The van der Waals surface area contributed by atoms with E-state index in [9.17, 15) is 0 Å². The molecule has 20 heavy (non-hydrogen) atoms. The smallest absolute Gasteiger partial charge is 0.0431 e. The zero-order valence-corrected chi connectivity index (χ0v) is 14.2. The van der Waals surface area contributed by atoms with Gasteiger partial charge in [-0.2, -0.15) is 0 Å². The van der Waals surface area contributed by atoms with Crippen molar-refractivity contribution in [3.63, 3.8) is 0 Å². The average Bonchev–Trinajstić information content (AvgIpc) is 2.44. The summed E-state index contributed by atoms with van der Waals surface area (Å²) in [4.78, 5) is 2.31. The van der Waals surface area contributed by atoms with Crippen molar-refractivity contribution in [2.45, 2.75) is 39.2 Å². The summed E-state index contributed by atoms with van der Waals surface area (Å²) in [6.45, 7) is 5.47. The van der Waals surface area contributed by atoms with Gasteiger partial charge in [0.1, 0.15) is 0 Å². The Labute approximate surface area is 131 Å². The molecular formula is C16H27BrN2O. The molecule has 0 bridgehead atoms. The van der Waals surface area contributed by atoms with Gasteiger partial charge in [0.05, 0.1) is 0 Å². The molecule has 4 heteroatoms. The molecular weight excluding hydrogens is 316 g/mol. The summed E-state index contributed by atoms with van der Waals surface area (Å²) in [5.41, 5.74) is 2.62. The lowest BCUT2D eigenvalue weighted by atomic mass is 10.1. The van der Waals surface area contributed by atoms with Gasteiger partial charge in [-0.05, 0) is 56.0 Å². The van der Waals surface area contributed by atoms with Crippen LogP contribution in [0.25, 0.3) is 0 Å². The highest BCUT2D eigenvalue weighted by atomic mass is 79.9. The van der Waals surface area contributed by atoms with E-state index in [4.69, 9.17) is 5.11 Å². The van der Waals surface area contributed by atoms with Crippen molar-refractivity contribution in [3.8, 4) is 0 Å². The Morgan fingerprint density at radius 2 is 2.05 bits per heavy atom. The minimum absolute atomic E-state index is 0.300. The lowest BCUT2D eigenvalue weighted by Gasteiger charge is -2.23. The molecule has 0 spiro atoms. The third-order valence-electron chi connectivity index (χ3n) is 3.35. The number of anilines is 1. The number of aliphatic hydroxyl groups excluding tert-OH is 1. The summed E-state index contributed by atoms with van der Waals surface area (Å²) in [5, 5.41) is 12.3. The Bertz CT molecular complexity index is 385. The van der Waals surface area contributed by atoms with Gasteiger partial charge < -0.3 is 15.3 Å². The number of nitrogens with zero attached hydrogens (tertiary/aromatic N) is 1. The van der Waals surface area contributed by atoms with Crippen LogP contribution in [0.2, 0.25) is 0 Å². The molecule has 0 unspecified atom stereocenters. The predicted molar refractivity (Wildman–Crippen MR) is 90.3 cm³/mol. The van der Waals surface area contributed by atoms with E-state index in [2.05, 4.69) is 58.3 Å². The molecule has 0 aromatic heterocycles. The van der Waals surface area contributed by atoms with E-state index in [1.165, 1.54) is 11.3 Å². The minimum atomic E-state index is 0.300. The number of aliphatic hydroxyl groups is 1. The number of benzene rings is 1. The van der Waals surface area contributed by atoms with Crippen LogP contribution in [0, 0.1) is 0 Å². The van der Waals surface area contributed by atoms with Gasteiger partial charge in [0.25, 0.3) is 0 Å². The predicted octanol–water partition coefficient (Wildman–Crippen LogP) is 3.55. The molecule has 0 saturated heterocycles. The summed E-state index contributed by atoms with van der Waals surface area (Å²) >= 11 is 3.55.